The van der Waals surface area contributed by atoms with Crippen molar-refractivity contribution in [1.82, 2.24) is 14.1 Å². The molecule has 0 bridgehead atoms. The van der Waals surface area contributed by atoms with Crippen LogP contribution < -0.4 is 30.1 Å². The van der Waals surface area contributed by atoms with E-state index in [0.29, 0.717) is 16.9 Å². The van der Waals surface area contributed by atoms with Crippen LogP contribution >= 0.6 is 0 Å². The van der Waals surface area contributed by atoms with E-state index in [1.54, 1.807) is 42.6 Å². The first-order chi connectivity index (χ1) is 62.7. The minimum absolute atomic E-state index is 0. The Kier molecular flexibility index (Phi) is 10.6. The van der Waals surface area contributed by atoms with Gasteiger partial charge in [0.05, 0.1) is 60.6 Å². The molecule has 0 atom stereocenters. The molecular weight excluding hydrogens is 1450 g/mol. The summed E-state index contributed by atoms with van der Waals surface area (Å²) in [5.41, 5.74) is -1.34. The minimum atomic E-state index is -6.44. The second-order valence-electron chi connectivity index (χ2n) is 27.6. The van der Waals surface area contributed by atoms with Crippen molar-refractivity contribution in [3.8, 4) is 84.3 Å². The number of pyridine rings is 1. The summed E-state index contributed by atoms with van der Waals surface area (Å²) < 4.78 is 317. The summed E-state index contributed by atoms with van der Waals surface area (Å²) in [5.74, 6) is 0.791. The van der Waals surface area contributed by atoms with Crippen LogP contribution in [0.15, 0.2) is 321 Å². The third kappa shape index (κ3) is 12.9. The number of ether oxygens (including phenoxy) is 1. The molecule has 5 nitrogen and oxygen atoms in total. The molecule has 0 aliphatic carbocycles. The Morgan fingerprint density at radius 3 is 1.54 bits per heavy atom. The van der Waals surface area contributed by atoms with Gasteiger partial charge in [0.1, 0.15) is 5.82 Å². The molecule has 3 aromatic heterocycles. The Morgan fingerprint density at radius 2 is 0.942 bits per heavy atom. The van der Waals surface area contributed by atoms with Gasteiger partial charge in [-0.3, -0.25) is 4.57 Å². The molecule has 13 aromatic carbocycles. The van der Waals surface area contributed by atoms with Crippen molar-refractivity contribution >= 4 is 61.7 Å². The predicted octanol–water partition coefficient (Wildman–Crippen LogP) is 21.2. The fraction of sp³-hybridized carbons (Fsp3) is 0.125. The quantitative estimate of drug-likeness (QED) is 0.0471. The number of para-hydroxylation sites is 2. The van der Waals surface area contributed by atoms with Gasteiger partial charge in [-0.1, -0.05) is 310 Å². The van der Waals surface area contributed by atoms with Gasteiger partial charge in [-0.05, 0) is 163 Å². The molecule has 7 heteroatoms. The predicted molar refractivity (Wildman–Crippen MR) is 427 cm³/mol. The molecule has 0 radical (unpaired) electrons. The number of nitrogens with zero attached hydrogens (tertiary/aromatic N) is 4. The molecule has 0 amide bonds. The number of hydrogen-bond acceptors (Lipinski definition) is 2. The van der Waals surface area contributed by atoms with Crippen LogP contribution in [-0.4, -0.2) is 22.2 Å². The third-order valence-electron chi connectivity index (χ3n) is 17.9. The second-order valence-corrected chi connectivity index (χ2v) is 31.1. The summed E-state index contributed by atoms with van der Waals surface area (Å²) in [7, 11) is -6.44. The van der Waals surface area contributed by atoms with Crippen LogP contribution in [0.3, 0.4) is 0 Å². The van der Waals surface area contributed by atoms with Crippen LogP contribution in [0.1, 0.15) is 123 Å². The number of fused-ring (bicyclic) bond motifs is 4. The summed E-state index contributed by atoms with van der Waals surface area (Å²) in [4.78, 5) is 4.85. The number of imidazole rings is 1. The maximum atomic E-state index is 11.0. The number of hydrogen-bond donors (Lipinski definition) is 0. The van der Waals surface area contributed by atoms with E-state index in [1.807, 2.05) is 107 Å². The molecule has 0 aliphatic rings. The first-order valence-electron chi connectivity index (χ1n) is 48.8. The molecule has 16 aromatic rings. The van der Waals surface area contributed by atoms with Crippen molar-refractivity contribution in [2.75, 3.05) is 0 Å². The molecule has 3 heterocycles. The average molecular weight is 1560 g/mol. The zero-order chi connectivity index (χ0) is 97.8. The molecule has 103 heavy (non-hydrogen) atoms. The van der Waals surface area contributed by atoms with Crippen molar-refractivity contribution in [2.45, 2.75) is 78.6 Å². The average Bonchev–Trinajstić information content (AvgIpc) is 1.06. The Hall–Kier alpha value is -11.0. The Morgan fingerprint density at radius 1 is 0.408 bits per heavy atom. The van der Waals surface area contributed by atoms with Crippen molar-refractivity contribution in [1.29, 1.82) is 0 Å². The van der Waals surface area contributed by atoms with E-state index in [0.717, 1.165) is 33.0 Å². The fourth-order valence-corrected chi connectivity index (χ4v) is 16.3. The Bertz CT molecular complexity index is 7400. The van der Waals surface area contributed by atoms with E-state index in [4.69, 9.17) is 22.1 Å². The van der Waals surface area contributed by atoms with Crippen LogP contribution in [0, 0.1) is 18.5 Å². The summed E-state index contributed by atoms with van der Waals surface area (Å²) in [6.07, 6.45) is 5.25. The zero-order valence-corrected chi connectivity index (χ0v) is 60.4. The first kappa shape index (κ1) is 40.0. The van der Waals surface area contributed by atoms with Gasteiger partial charge in [0, 0.05) is 44.3 Å². The van der Waals surface area contributed by atoms with Gasteiger partial charge in [0.25, 0.3) is 6.33 Å². The van der Waals surface area contributed by atoms with Gasteiger partial charge >= 0.3 is 0 Å². The molecule has 0 aliphatic heterocycles. The van der Waals surface area contributed by atoms with Crippen LogP contribution in [0.5, 0.6) is 11.5 Å². The molecule has 0 N–H and O–H groups in total. The third-order valence-corrected chi connectivity index (χ3v) is 21.9. The number of benzene rings is 13. The maximum absolute atomic E-state index is 11.0. The topological polar surface area (TPSA) is 35.9 Å². The molecule has 0 saturated heterocycles. The van der Waals surface area contributed by atoms with E-state index >= 15 is 0 Å². The van der Waals surface area contributed by atoms with E-state index in [2.05, 4.69) is 39.2 Å². The molecule has 506 valence electrons. The van der Waals surface area contributed by atoms with E-state index in [9.17, 15) is 31.5 Å². The first-order valence-corrected chi connectivity index (χ1v) is 34.8. The van der Waals surface area contributed by atoms with Crippen LogP contribution in [0.4, 0.5) is 0 Å². The minimum Gasteiger partial charge on any atom is -0.510 e. The molecule has 0 fully saturated rings. The monoisotopic (exact) mass is 1560 g/mol. The molecule has 16 rings (SSSR count). The van der Waals surface area contributed by atoms with E-state index in [-0.39, 0.29) is 77.1 Å². The SMILES string of the molecule is [2H]c1c([2H])c([2H])c(-c2c([2H])c(-c3cccc(-c4cc(C(C)(C)C)cc(C(C)(C)C)c4)c3-[n+]3[c-]n(-c4[c-]c(Oc5[c-]c6c(cc5)c5ccccc5n6-c5cc(C(C)(C)C)ccn5)ccc4)c4cc(-c5c([2H])c([2H])c([2H])c([Si](c6c([2H])c([2H])c([2H])c([2H])c6[2H])(c6c([2H])c([2H])c([2H])c([2H])c6[2H])c6c([2H])c([2H])c([2H])c([2H])c6[2H])c5[2H])ccc43)c([2H])c(-c3c([2H])c([2H])c([2H])c([2H])c3[2H])c2[2H])c([2H])c1[2H].[Pt]. The maximum Gasteiger partial charge on any atom is 0.268 e. The van der Waals surface area contributed by atoms with Gasteiger partial charge < -0.3 is 13.9 Å². The smallest absolute Gasteiger partial charge is 0.268 e. The van der Waals surface area contributed by atoms with Gasteiger partial charge in [-0.15, -0.1) is 29.7 Å². The van der Waals surface area contributed by atoms with Crippen molar-refractivity contribution in [3.05, 3.63) is 356 Å². The standard InChI is InChI=1S/C96H80N4OSi.Pt/c1-94(2,3)74-52-53-97-92(62-74)100-88-47-26-25-44-86(88)87-50-49-79(64-90(87)100)101-78-36-28-35-77(63-78)98-65-99(89-51-48-69(60-91(89)98)68-34-27-43-83(59-68)102(80-37-19-12-20-38-80,81-39-21-13-22-40-81)82-41-23-14-24-42-82)93-84(45-29-46-85(93)73-57-75(95(4,5)6)61-76(58-73)96(7,8)9)72-55-70(66-30-15-10-16-31-66)54-71(56-72)67-32-17-11-18-33-67;/h10-62H,1-9H3;/q-2;/i10D,11D,12D,13D,14D,15D,16D,17D,18D,19D,20D,21D,22D,23D,24D,27D,30D,31D,32D,33D,34D,37D,38D,39D,40D,41D,42D,43D,54D,55D,56D,59D;. The van der Waals surface area contributed by atoms with Gasteiger partial charge in [-0.2, -0.15) is 18.2 Å². The Balaban J connectivity index is 0.0000139. The molecular formula is C96H80N4OPtSi-2. The summed E-state index contributed by atoms with van der Waals surface area (Å²) in [6.45, 7) is 18.3. The summed E-state index contributed by atoms with van der Waals surface area (Å²) in [6, 6.07) is 8.24. The number of aromatic nitrogens is 4. The van der Waals surface area contributed by atoms with E-state index < -0.39 is 266 Å². The van der Waals surface area contributed by atoms with Crippen LogP contribution in [0.25, 0.3) is 106 Å². The van der Waals surface area contributed by atoms with Gasteiger partial charge in [0.15, 0.2) is 8.07 Å². The second kappa shape index (κ2) is 27.4. The normalized spacial score (nSPS) is 16.4. The van der Waals surface area contributed by atoms with Gasteiger partial charge in [-0.25, -0.2) is 4.98 Å². The Labute approximate surface area is 666 Å². The summed E-state index contributed by atoms with van der Waals surface area (Å²) in [5, 5.41) is -2.60. The van der Waals surface area contributed by atoms with E-state index in [1.165, 1.54) is 33.4 Å². The van der Waals surface area contributed by atoms with Crippen molar-refractivity contribution < 1.29 is 74.2 Å². The van der Waals surface area contributed by atoms with Crippen molar-refractivity contribution in [3.63, 3.8) is 0 Å². The zero-order valence-electron chi connectivity index (χ0n) is 89.1. The van der Waals surface area contributed by atoms with Gasteiger partial charge in [0.2, 0.25) is 0 Å². The van der Waals surface area contributed by atoms with Crippen molar-refractivity contribution in [2.24, 2.45) is 0 Å². The molecule has 0 unspecified atom stereocenters. The largest absolute Gasteiger partial charge is 0.510 e. The van der Waals surface area contributed by atoms with Crippen LogP contribution in [0.2, 0.25) is 0 Å². The fourth-order valence-electron chi connectivity index (χ4n) is 12.7. The molecule has 0 saturated carbocycles. The summed E-state index contributed by atoms with van der Waals surface area (Å²) >= 11 is 0. The number of rotatable bonds is 14. The molecule has 0 spiro atoms. The van der Waals surface area contributed by atoms with Crippen LogP contribution in [-0.2, 0) is 37.3 Å².